The van der Waals surface area contributed by atoms with Gasteiger partial charge in [0.15, 0.2) is 0 Å². The molecule has 4 heterocycles. The average molecular weight is 370 g/mol. The van der Waals surface area contributed by atoms with Crippen LogP contribution in [0.4, 0.5) is 0 Å². The first kappa shape index (κ1) is 17.2. The lowest BCUT2D eigenvalue weighted by Gasteiger charge is -2.32. The maximum Gasteiger partial charge on any atom is 0.209 e. The fourth-order valence-electron chi connectivity index (χ4n) is 3.81. The second-order valence-electron chi connectivity index (χ2n) is 7.10. The van der Waals surface area contributed by atoms with Crippen LogP contribution in [-0.4, -0.2) is 58.8 Å². The molecule has 1 atom stereocenters. The second-order valence-corrected chi connectivity index (χ2v) is 7.10. The number of hydrogen-bond acceptors (Lipinski definition) is 5. The van der Waals surface area contributed by atoms with E-state index >= 15 is 0 Å². The molecule has 1 aromatic carbocycles. The molecule has 6 nitrogen and oxygen atoms in total. The van der Waals surface area contributed by atoms with Crippen LogP contribution in [0.2, 0.25) is 5.82 Å². The smallest absolute Gasteiger partial charge is 0.209 e. The van der Waals surface area contributed by atoms with Gasteiger partial charge in [-0.3, -0.25) is 14.5 Å². The summed E-state index contributed by atoms with van der Waals surface area (Å²) in [6.45, 7) is 5.50. The zero-order chi connectivity index (χ0) is 18.9. The van der Waals surface area contributed by atoms with Crippen LogP contribution < -0.4 is 0 Å². The lowest BCUT2D eigenvalue weighted by molar-refractivity contribution is 0.0690. The third-order valence-electron chi connectivity index (χ3n) is 5.29. The van der Waals surface area contributed by atoms with Crippen LogP contribution in [0.25, 0.3) is 22.3 Å². The molecule has 0 amide bonds. The number of allylic oxidation sites excluding steroid dienone is 1. The van der Waals surface area contributed by atoms with E-state index in [4.69, 9.17) is 14.7 Å². The molecule has 28 heavy (non-hydrogen) atoms. The maximum atomic E-state index is 5.46. The molecule has 0 N–H and O–H groups in total. The van der Waals surface area contributed by atoms with Crippen molar-refractivity contribution in [3.8, 4) is 5.69 Å². The van der Waals surface area contributed by atoms with Gasteiger partial charge in [-0.1, -0.05) is 25.1 Å². The summed E-state index contributed by atoms with van der Waals surface area (Å²) in [5, 5.41) is 0. The number of amidine groups is 1. The summed E-state index contributed by atoms with van der Waals surface area (Å²) in [4.78, 5) is 16.3. The molecule has 2 aliphatic rings. The Morgan fingerprint density at radius 1 is 1.11 bits per heavy atom. The van der Waals surface area contributed by atoms with Gasteiger partial charge in [0.2, 0.25) is 7.28 Å². The Labute approximate surface area is 164 Å². The largest absolute Gasteiger partial charge is 0.378 e. The number of para-hydroxylation sites is 1. The van der Waals surface area contributed by atoms with Gasteiger partial charge in [0.25, 0.3) is 0 Å². The van der Waals surface area contributed by atoms with Gasteiger partial charge in [-0.25, -0.2) is 4.98 Å². The molecule has 0 aliphatic carbocycles. The van der Waals surface area contributed by atoms with Crippen molar-refractivity contribution >= 4 is 29.6 Å². The Balaban J connectivity index is 1.61. The first-order valence-corrected chi connectivity index (χ1v) is 9.65. The number of imidazole rings is 1. The standard InChI is InChI=1S/C21H21BN5O/c1-15-17(13-24-21(22-15)26-9-11-28-12-10-26)20-25-18-7-8-23-14-19(18)27(20)16-5-3-2-4-6-16/h2-8,13-15H,9-12H2,1H3. The first-order valence-electron chi connectivity index (χ1n) is 9.65. The Morgan fingerprint density at radius 3 is 2.71 bits per heavy atom. The van der Waals surface area contributed by atoms with Gasteiger partial charge in [-0.2, -0.15) is 0 Å². The average Bonchev–Trinajstić information content (AvgIpc) is 3.14. The third-order valence-corrected chi connectivity index (χ3v) is 5.29. The van der Waals surface area contributed by atoms with Crippen LogP contribution in [0.1, 0.15) is 12.7 Å². The van der Waals surface area contributed by atoms with E-state index in [-0.39, 0.29) is 5.82 Å². The van der Waals surface area contributed by atoms with Crippen molar-refractivity contribution in [2.75, 3.05) is 26.3 Å². The SMILES string of the molecule is CC1[B]C(N2CCOCC2)=NC=C1c1nc2ccncc2n1-c1ccccc1. The summed E-state index contributed by atoms with van der Waals surface area (Å²) in [5.74, 6) is 1.13. The second kappa shape index (κ2) is 7.24. The van der Waals surface area contributed by atoms with E-state index in [0.29, 0.717) is 0 Å². The van der Waals surface area contributed by atoms with Crippen LogP contribution in [0.15, 0.2) is 60.0 Å². The highest BCUT2D eigenvalue weighted by Gasteiger charge is 2.27. The molecule has 1 radical (unpaired) electrons. The van der Waals surface area contributed by atoms with Gasteiger partial charge in [0, 0.05) is 36.7 Å². The van der Waals surface area contributed by atoms with E-state index < -0.39 is 0 Å². The van der Waals surface area contributed by atoms with Gasteiger partial charge < -0.3 is 9.64 Å². The van der Waals surface area contributed by atoms with Crippen LogP contribution in [0.5, 0.6) is 0 Å². The fourth-order valence-corrected chi connectivity index (χ4v) is 3.81. The number of rotatable bonds is 2. The summed E-state index contributed by atoms with van der Waals surface area (Å²) in [7, 11) is 2.23. The van der Waals surface area contributed by atoms with Gasteiger partial charge >= 0.3 is 0 Å². The van der Waals surface area contributed by atoms with Crippen molar-refractivity contribution < 1.29 is 4.74 Å². The van der Waals surface area contributed by atoms with Gasteiger partial charge in [0.05, 0.1) is 36.2 Å². The predicted molar refractivity (Wildman–Crippen MR) is 112 cm³/mol. The first-order chi connectivity index (χ1) is 13.8. The molecule has 0 spiro atoms. The molecule has 1 unspecified atom stereocenters. The Kier molecular flexibility index (Phi) is 4.45. The maximum absolute atomic E-state index is 5.46. The quantitative estimate of drug-likeness (QED) is 0.651. The fraction of sp³-hybridized carbons (Fsp3) is 0.286. The molecule has 5 rings (SSSR count). The van der Waals surface area contributed by atoms with Crippen molar-refractivity contribution in [2.45, 2.75) is 12.7 Å². The molecule has 3 aromatic rings. The minimum Gasteiger partial charge on any atom is -0.378 e. The summed E-state index contributed by atoms with van der Waals surface area (Å²) < 4.78 is 7.64. The van der Waals surface area contributed by atoms with Crippen LogP contribution in [0.3, 0.4) is 0 Å². The Morgan fingerprint density at radius 2 is 1.93 bits per heavy atom. The molecule has 1 fully saturated rings. The molecular weight excluding hydrogens is 349 g/mol. The third kappa shape index (κ3) is 3.01. The number of ether oxygens (including phenoxy) is 1. The predicted octanol–water partition coefficient (Wildman–Crippen LogP) is 2.98. The topological polar surface area (TPSA) is 55.5 Å². The highest BCUT2D eigenvalue weighted by atomic mass is 16.5. The molecular formula is C21H21BN5O. The molecule has 139 valence electrons. The number of benzene rings is 1. The zero-order valence-electron chi connectivity index (χ0n) is 15.8. The van der Waals surface area contributed by atoms with E-state index in [1.165, 1.54) is 0 Å². The molecule has 0 bridgehead atoms. The monoisotopic (exact) mass is 370 g/mol. The molecule has 7 heteroatoms. The minimum absolute atomic E-state index is 0.211. The number of hydrogen-bond donors (Lipinski definition) is 0. The summed E-state index contributed by atoms with van der Waals surface area (Å²) >= 11 is 0. The highest BCUT2D eigenvalue weighted by Crippen LogP contribution is 2.34. The number of pyridine rings is 1. The van der Waals surface area contributed by atoms with Crippen molar-refractivity contribution in [1.82, 2.24) is 19.4 Å². The zero-order valence-corrected chi connectivity index (χ0v) is 15.8. The van der Waals surface area contributed by atoms with Crippen LogP contribution in [-0.2, 0) is 4.74 Å². The number of morpholine rings is 1. The van der Waals surface area contributed by atoms with Crippen molar-refractivity contribution in [2.24, 2.45) is 4.99 Å². The minimum atomic E-state index is 0.211. The number of aliphatic imine (C=N–C) groups is 1. The van der Waals surface area contributed by atoms with Gasteiger partial charge in [-0.05, 0) is 24.0 Å². The number of aromatic nitrogens is 3. The van der Waals surface area contributed by atoms with Crippen LogP contribution >= 0.6 is 0 Å². The van der Waals surface area contributed by atoms with E-state index in [9.17, 15) is 0 Å². The van der Waals surface area contributed by atoms with E-state index in [1.807, 2.05) is 36.7 Å². The Hall–Kier alpha value is -2.93. The van der Waals surface area contributed by atoms with E-state index in [0.717, 1.165) is 60.2 Å². The lowest BCUT2D eigenvalue weighted by Crippen LogP contribution is -2.44. The molecule has 0 saturated carbocycles. The Bertz CT molecular complexity index is 1050. The normalized spacial score (nSPS) is 19.9. The van der Waals surface area contributed by atoms with Crippen molar-refractivity contribution in [3.05, 3.63) is 60.8 Å². The van der Waals surface area contributed by atoms with Crippen molar-refractivity contribution in [1.29, 1.82) is 0 Å². The van der Waals surface area contributed by atoms with Crippen LogP contribution in [0, 0.1) is 0 Å². The number of nitrogens with zero attached hydrogens (tertiary/aromatic N) is 5. The summed E-state index contributed by atoms with van der Waals surface area (Å²) in [5.41, 5.74) is 5.15. The summed E-state index contributed by atoms with van der Waals surface area (Å²) in [6.07, 6.45) is 5.64. The van der Waals surface area contributed by atoms with Gasteiger partial charge in [0.1, 0.15) is 5.82 Å². The van der Waals surface area contributed by atoms with E-state index in [1.54, 1.807) is 6.20 Å². The van der Waals surface area contributed by atoms with Crippen molar-refractivity contribution in [3.63, 3.8) is 0 Å². The van der Waals surface area contributed by atoms with E-state index in [2.05, 4.69) is 40.8 Å². The van der Waals surface area contributed by atoms with Gasteiger partial charge in [-0.15, -0.1) is 0 Å². The highest BCUT2D eigenvalue weighted by molar-refractivity contribution is 6.77. The number of fused-ring (bicyclic) bond motifs is 1. The molecule has 2 aliphatic heterocycles. The molecule has 2 aromatic heterocycles. The summed E-state index contributed by atoms with van der Waals surface area (Å²) in [6, 6.07) is 12.3. The lowest BCUT2D eigenvalue weighted by atomic mass is 9.59. The molecule has 1 saturated heterocycles.